The zero-order valence-corrected chi connectivity index (χ0v) is 15.5. The SMILES string of the molecule is COc1ccc(C(C)C)c2cc(-c3cccc(C(C)(C)C)c3)[nH]c12. The molecular formula is C22H27NO. The first-order valence-electron chi connectivity index (χ1n) is 8.62. The van der Waals surface area contributed by atoms with E-state index in [1.807, 2.05) is 0 Å². The minimum absolute atomic E-state index is 0.142. The van der Waals surface area contributed by atoms with E-state index in [1.54, 1.807) is 7.11 Å². The molecule has 0 amide bonds. The molecule has 0 fully saturated rings. The molecule has 24 heavy (non-hydrogen) atoms. The van der Waals surface area contributed by atoms with E-state index in [0.29, 0.717) is 5.92 Å². The standard InChI is InChI=1S/C22H27NO/c1-14(2)17-10-11-20(24-6)21-18(17)13-19(23-21)15-8-7-9-16(12-15)22(3,4)5/h7-14,23H,1-6H3. The molecule has 1 aromatic heterocycles. The van der Waals surface area contributed by atoms with Gasteiger partial charge in [0.2, 0.25) is 0 Å². The Morgan fingerprint density at radius 2 is 1.75 bits per heavy atom. The molecule has 3 aromatic rings. The first-order chi connectivity index (χ1) is 11.3. The Bertz CT molecular complexity index is 865. The molecule has 2 heteroatoms. The fourth-order valence-corrected chi connectivity index (χ4v) is 3.20. The summed E-state index contributed by atoms with van der Waals surface area (Å²) in [6.07, 6.45) is 0. The molecule has 2 nitrogen and oxygen atoms in total. The van der Waals surface area contributed by atoms with Crippen LogP contribution in [0.4, 0.5) is 0 Å². The van der Waals surface area contributed by atoms with Gasteiger partial charge in [0, 0.05) is 11.1 Å². The van der Waals surface area contributed by atoms with Crippen molar-refractivity contribution in [1.82, 2.24) is 4.98 Å². The maximum absolute atomic E-state index is 5.56. The fraction of sp³-hybridized carbons (Fsp3) is 0.364. The number of fused-ring (bicyclic) bond motifs is 1. The summed E-state index contributed by atoms with van der Waals surface area (Å²) in [6, 6.07) is 15.3. The van der Waals surface area contributed by atoms with Crippen LogP contribution in [-0.4, -0.2) is 12.1 Å². The molecule has 0 aliphatic rings. The van der Waals surface area contributed by atoms with Crippen LogP contribution in [0.3, 0.4) is 0 Å². The zero-order chi connectivity index (χ0) is 17.5. The minimum Gasteiger partial charge on any atom is -0.495 e. The Hall–Kier alpha value is -2.22. The fourth-order valence-electron chi connectivity index (χ4n) is 3.20. The van der Waals surface area contributed by atoms with Gasteiger partial charge in [-0.15, -0.1) is 0 Å². The molecule has 0 unspecified atom stereocenters. The Balaban J connectivity index is 2.20. The van der Waals surface area contributed by atoms with E-state index in [9.17, 15) is 0 Å². The number of benzene rings is 2. The smallest absolute Gasteiger partial charge is 0.142 e. The van der Waals surface area contributed by atoms with Crippen molar-refractivity contribution < 1.29 is 4.74 Å². The summed E-state index contributed by atoms with van der Waals surface area (Å²) in [5.41, 5.74) is 6.27. The molecule has 2 aromatic carbocycles. The van der Waals surface area contributed by atoms with Crippen LogP contribution < -0.4 is 4.74 Å². The molecular weight excluding hydrogens is 294 g/mol. The number of ether oxygens (including phenoxy) is 1. The molecule has 1 heterocycles. The van der Waals surface area contributed by atoms with Gasteiger partial charge in [-0.2, -0.15) is 0 Å². The molecule has 0 bridgehead atoms. The maximum Gasteiger partial charge on any atom is 0.142 e. The summed E-state index contributed by atoms with van der Waals surface area (Å²) in [5, 5.41) is 1.25. The lowest BCUT2D eigenvalue weighted by atomic mass is 9.86. The van der Waals surface area contributed by atoms with Gasteiger partial charge in [0.1, 0.15) is 5.75 Å². The van der Waals surface area contributed by atoms with E-state index in [1.165, 1.54) is 22.1 Å². The van der Waals surface area contributed by atoms with Gasteiger partial charge in [-0.3, -0.25) is 0 Å². The maximum atomic E-state index is 5.56. The number of methoxy groups -OCH3 is 1. The van der Waals surface area contributed by atoms with Crippen molar-refractivity contribution in [1.29, 1.82) is 0 Å². The third-order valence-electron chi connectivity index (χ3n) is 4.67. The highest BCUT2D eigenvalue weighted by Crippen LogP contribution is 2.36. The van der Waals surface area contributed by atoms with Crippen molar-refractivity contribution >= 4 is 10.9 Å². The molecule has 0 aliphatic carbocycles. The van der Waals surface area contributed by atoms with Crippen molar-refractivity contribution in [3.8, 4) is 17.0 Å². The second-order valence-corrected chi connectivity index (χ2v) is 7.81. The Labute approximate surface area is 144 Å². The highest BCUT2D eigenvalue weighted by atomic mass is 16.5. The van der Waals surface area contributed by atoms with Crippen LogP contribution in [-0.2, 0) is 5.41 Å². The average Bonchev–Trinajstić information content (AvgIpc) is 2.98. The van der Waals surface area contributed by atoms with E-state index < -0.39 is 0 Å². The lowest BCUT2D eigenvalue weighted by molar-refractivity contribution is 0.419. The van der Waals surface area contributed by atoms with Gasteiger partial charge < -0.3 is 9.72 Å². The van der Waals surface area contributed by atoms with E-state index in [4.69, 9.17) is 4.74 Å². The van der Waals surface area contributed by atoms with Crippen molar-refractivity contribution in [3.63, 3.8) is 0 Å². The van der Waals surface area contributed by atoms with Crippen molar-refractivity contribution in [3.05, 3.63) is 53.6 Å². The molecule has 0 saturated carbocycles. The molecule has 0 saturated heterocycles. The van der Waals surface area contributed by atoms with Gasteiger partial charge in [-0.1, -0.05) is 58.9 Å². The van der Waals surface area contributed by atoms with Crippen LogP contribution in [0, 0.1) is 0 Å². The number of aromatic nitrogens is 1. The van der Waals surface area contributed by atoms with Crippen LogP contribution >= 0.6 is 0 Å². The summed E-state index contributed by atoms with van der Waals surface area (Å²) >= 11 is 0. The number of hydrogen-bond acceptors (Lipinski definition) is 1. The first kappa shape index (κ1) is 16.6. The average molecular weight is 321 g/mol. The van der Waals surface area contributed by atoms with Crippen LogP contribution in [0.1, 0.15) is 51.7 Å². The lowest BCUT2D eigenvalue weighted by Crippen LogP contribution is -2.10. The normalized spacial score (nSPS) is 12.1. The van der Waals surface area contributed by atoms with Gasteiger partial charge >= 0.3 is 0 Å². The van der Waals surface area contributed by atoms with Crippen LogP contribution in [0.5, 0.6) is 5.75 Å². The number of nitrogens with one attached hydrogen (secondary N) is 1. The van der Waals surface area contributed by atoms with Gasteiger partial charge in [-0.05, 0) is 46.2 Å². The van der Waals surface area contributed by atoms with E-state index in [2.05, 4.69) is 82.1 Å². The second-order valence-electron chi connectivity index (χ2n) is 7.81. The predicted octanol–water partition coefficient (Wildman–Crippen LogP) is 6.26. The van der Waals surface area contributed by atoms with Crippen molar-refractivity contribution in [2.45, 2.75) is 46.0 Å². The summed E-state index contributed by atoms with van der Waals surface area (Å²) < 4.78 is 5.56. The van der Waals surface area contributed by atoms with Crippen LogP contribution in [0.2, 0.25) is 0 Å². The molecule has 126 valence electrons. The second kappa shape index (κ2) is 6.01. The van der Waals surface area contributed by atoms with Gasteiger partial charge in [0.25, 0.3) is 0 Å². The molecule has 0 atom stereocenters. The number of rotatable bonds is 3. The van der Waals surface area contributed by atoms with Crippen LogP contribution in [0.25, 0.3) is 22.2 Å². The topological polar surface area (TPSA) is 25.0 Å². The van der Waals surface area contributed by atoms with Crippen molar-refractivity contribution in [2.24, 2.45) is 0 Å². The third kappa shape index (κ3) is 2.93. The lowest BCUT2D eigenvalue weighted by Gasteiger charge is -2.19. The highest BCUT2D eigenvalue weighted by Gasteiger charge is 2.16. The summed E-state index contributed by atoms with van der Waals surface area (Å²) in [7, 11) is 1.73. The minimum atomic E-state index is 0.142. The van der Waals surface area contributed by atoms with Crippen molar-refractivity contribution in [2.75, 3.05) is 7.11 Å². The quantitative estimate of drug-likeness (QED) is 0.604. The third-order valence-corrected chi connectivity index (χ3v) is 4.67. The number of aromatic amines is 1. The molecule has 0 aliphatic heterocycles. The monoisotopic (exact) mass is 321 g/mol. The summed E-state index contributed by atoms with van der Waals surface area (Å²) in [6.45, 7) is 11.2. The highest BCUT2D eigenvalue weighted by molar-refractivity contribution is 5.93. The predicted molar refractivity (Wildman–Crippen MR) is 103 cm³/mol. The van der Waals surface area contributed by atoms with E-state index in [0.717, 1.165) is 17.0 Å². The Kier molecular flexibility index (Phi) is 4.16. The summed E-state index contributed by atoms with van der Waals surface area (Å²) in [5.74, 6) is 1.37. The number of H-pyrrole nitrogens is 1. The zero-order valence-electron chi connectivity index (χ0n) is 15.5. The van der Waals surface area contributed by atoms with Crippen LogP contribution in [0.15, 0.2) is 42.5 Å². The Morgan fingerprint density at radius 3 is 2.38 bits per heavy atom. The molecule has 1 N–H and O–H groups in total. The molecule has 0 radical (unpaired) electrons. The molecule has 0 spiro atoms. The Morgan fingerprint density at radius 1 is 1.00 bits per heavy atom. The molecule has 3 rings (SSSR count). The largest absolute Gasteiger partial charge is 0.495 e. The van der Waals surface area contributed by atoms with E-state index in [-0.39, 0.29) is 5.41 Å². The summed E-state index contributed by atoms with van der Waals surface area (Å²) in [4.78, 5) is 3.58. The van der Waals surface area contributed by atoms with Gasteiger partial charge in [0.05, 0.1) is 12.6 Å². The number of hydrogen-bond donors (Lipinski definition) is 1. The van der Waals surface area contributed by atoms with Gasteiger partial charge in [-0.25, -0.2) is 0 Å². The van der Waals surface area contributed by atoms with Gasteiger partial charge in [0.15, 0.2) is 0 Å². The first-order valence-corrected chi connectivity index (χ1v) is 8.62. The van der Waals surface area contributed by atoms with E-state index >= 15 is 0 Å².